The fraction of sp³-hybridized carbons (Fsp3) is 0.286. The van der Waals surface area contributed by atoms with Gasteiger partial charge in [-0.1, -0.05) is 41.9 Å². The highest BCUT2D eigenvalue weighted by atomic mass is 35.5. The minimum atomic E-state index is -0.670. The van der Waals surface area contributed by atoms with E-state index in [9.17, 15) is 4.79 Å². The molecule has 3 aromatic carbocycles. The number of carbonyl (C=O) groups is 1. The minimum absolute atomic E-state index is 0.0194. The van der Waals surface area contributed by atoms with Crippen molar-refractivity contribution in [1.29, 1.82) is 0 Å². The van der Waals surface area contributed by atoms with E-state index < -0.39 is 11.7 Å². The number of aryl methyl sites for hydroxylation is 2. The summed E-state index contributed by atoms with van der Waals surface area (Å²) in [6, 6.07) is 16.3. The molecule has 0 unspecified atom stereocenters. The Kier molecular flexibility index (Phi) is 6.17. The number of hydrogen-bond donors (Lipinski definition) is 0. The summed E-state index contributed by atoms with van der Waals surface area (Å²) in [6.07, 6.45) is 3.00. The van der Waals surface area contributed by atoms with Crippen LogP contribution in [0.4, 0.5) is 0 Å². The number of benzene rings is 3. The Labute approximate surface area is 200 Å². The van der Waals surface area contributed by atoms with E-state index in [4.69, 9.17) is 16.3 Å². The number of imidazole rings is 1. The fourth-order valence-electron chi connectivity index (χ4n) is 4.32. The maximum atomic E-state index is 12.8. The number of hydrogen-bond acceptors (Lipinski definition) is 3. The largest absolute Gasteiger partial charge is 0.360 e. The van der Waals surface area contributed by atoms with Crippen LogP contribution in [0.5, 0.6) is 0 Å². The second-order valence-electron chi connectivity index (χ2n) is 9.54. The molecule has 0 saturated carbocycles. The maximum Gasteiger partial charge on any atom is 0.163 e. The van der Waals surface area contributed by atoms with Gasteiger partial charge in [-0.15, -0.1) is 0 Å². The van der Waals surface area contributed by atoms with Crippen LogP contribution >= 0.6 is 11.6 Å². The van der Waals surface area contributed by atoms with Crippen molar-refractivity contribution in [2.24, 2.45) is 7.05 Å². The predicted molar refractivity (Wildman–Crippen MR) is 136 cm³/mol. The molecule has 4 aromatic rings. The molecule has 0 N–H and O–H groups in total. The molecule has 5 heteroatoms. The maximum absolute atomic E-state index is 12.8. The van der Waals surface area contributed by atoms with Crippen molar-refractivity contribution >= 4 is 28.2 Å². The van der Waals surface area contributed by atoms with Crippen LogP contribution in [0.1, 0.15) is 44.9 Å². The van der Waals surface area contributed by atoms with Crippen LogP contribution < -0.4 is 0 Å². The molecule has 0 amide bonds. The molecule has 1 aromatic heterocycles. The Hall–Kier alpha value is -2.95. The zero-order chi connectivity index (χ0) is 23.9. The van der Waals surface area contributed by atoms with E-state index in [1.807, 2.05) is 69.8 Å². The van der Waals surface area contributed by atoms with E-state index >= 15 is 0 Å². The van der Waals surface area contributed by atoms with E-state index in [1.165, 1.54) is 0 Å². The molecule has 33 heavy (non-hydrogen) atoms. The van der Waals surface area contributed by atoms with Gasteiger partial charge >= 0.3 is 0 Å². The van der Waals surface area contributed by atoms with Crippen molar-refractivity contribution in [1.82, 2.24) is 9.55 Å². The molecule has 4 nitrogen and oxygen atoms in total. The summed E-state index contributed by atoms with van der Waals surface area (Å²) in [5, 5.41) is 2.83. The van der Waals surface area contributed by atoms with Crippen molar-refractivity contribution in [3.8, 4) is 22.4 Å². The highest BCUT2D eigenvalue weighted by Crippen LogP contribution is 2.41. The van der Waals surface area contributed by atoms with Crippen molar-refractivity contribution < 1.29 is 9.53 Å². The molecule has 170 valence electrons. The summed E-state index contributed by atoms with van der Waals surface area (Å²) in [5.41, 5.74) is 5.58. The summed E-state index contributed by atoms with van der Waals surface area (Å²) in [7, 11) is 1.99. The number of Topliss-reactive ketones (excluding diaryl/α,β-unsaturated/α-hetero) is 1. The zero-order valence-electron chi connectivity index (χ0n) is 19.9. The molecular formula is C28H29ClN2O2. The highest BCUT2D eigenvalue weighted by molar-refractivity contribution is 6.30. The molecule has 1 heterocycles. The van der Waals surface area contributed by atoms with E-state index in [1.54, 1.807) is 13.3 Å². The standard InChI is InChI=1S/C28H29ClN2O2/c1-17-13-21-14-20(24-15-30-16-31(24)6)9-12-23(21)26(19-7-10-22(29)11-8-19)25(17)27(18(2)32)33-28(3,4)5/h7-16,27H,1-6H3/t27-/m1/s1. The van der Waals surface area contributed by atoms with E-state index in [-0.39, 0.29) is 5.78 Å². The number of rotatable bonds is 5. The summed E-state index contributed by atoms with van der Waals surface area (Å²) < 4.78 is 8.32. The molecule has 1 atom stereocenters. The third-order valence-electron chi connectivity index (χ3n) is 5.74. The third kappa shape index (κ3) is 4.73. The molecular weight excluding hydrogens is 432 g/mol. The van der Waals surface area contributed by atoms with Gasteiger partial charge in [-0.2, -0.15) is 0 Å². The lowest BCUT2D eigenvalue weighted by molar-refractivity contribution is -0.138. The Morgan fingerprint density at radius 1 is 1.06 bits per heavy atom. The van der Waals surface area contributed by atoms with Gasteiger partial charge in [0.15, 0.2) is 5.78 Å². The van der Waals surface area contributed by atoms with Crippen molar-refractivity contribution in [3.63, 3.8) is 0 Å². The van der Waals surface area contributed by atoms with Crippen molar-refractivity contribution in [3.05, 3.63) is 77.2 Å². The second kappa shape index (κ2) is 8.77. The molecule has 0 radical (unpaired) electrons. The number of fused-ring (bicyclic) bond motifs is 1. The zero-order valence-corrected chi connectivity index (χ0v) is 20.7. The Bertz CT molecular complexity index is 1330. The van der Waals surface area contributed by atoms with Crippen LogP contribution in [0.2, 0.25) is 5.02 Å². The predicted octanol–water partition coefficient (Wildman–Crippen LogP) is 7.31. The highest BCUT2D eigenvalue weighted by Gasteiger charge is 2.29. The summed E-state index contributed by atoms with van der Waals surface area (Å²) in [4.78, 5) is 17.1. The van der Waals surface area contributed by atoms with Crippen molar-refractivity contribution in [2.45, 2.75) is 46.3 Å². The Balaban J connectivity index is 2.03. The van der Waals surface area contributed by atoms with E-state index in [2.05, 4.69) is 29.2 Å². The molecule has 0 aliphatic rings. The first-order chi connectivity index (χ1) is 15.5. The minimum Gasteiger partial charge on any atom is -0.360 e. The Morgan fingerprint density at radius 3 is 2.30 bits per heavy atom. The molecule has 0 aliphatic heterocycles. The number of carbonyl (C=O) groups excluding carboxylic acids is 1. The van der Waals surface area contributed by atoms with Crippen molar-refractivity contribution in [2.75, 3.05) is 0 Å². The van der Waals surface area contributed by atoms with Gasteiger partial charge in [0.25, 0.3) is 0 Å². The molecule has 0 saturated heterocycles. The van der Waals surface area contributed by atoms with Gasteiger partial charge in [0.2, 0.25) is 0 Å². The first-order valence-electron chi connectivity index (χ1n) is 11.0. The van der Waals surface area contributed by atoms with E-state index in [0.717, 1.165) is 44.3 Å². The van der Waals surface area contributed by atoms with Crippen LogP contribution in [0.3, 0.4) is 0 Å². The van der Waals surface area contributed by atoms with Gasteiger partial charge in [-0.05, 0) is 85.8 Å². The van der Waals surface area contributed by atoms with Crippen LogP contribution in [-0.4, -0.2) is 20.9 Å². The first-order valence-corrected chi connectivity index (χ1v) is 11.4. The second-order valence-corrected chi connectivity index (χ2v) is 9.97. The van der Waals surface area contributed by atoms with Crippen LogP contribution in [0, 0.1) is 6.92 Å². The molecule has 0 aliphatic carbocycles. The molecule has 0 bridgehead atoms. The molecule has 0 fully saturated rings. The van der Waals surface area contributed by atoms with Gasteiger partial charge in [-0.25, -0.2) is 4.98 Å². The van der Waals surface area contributed by atoms with Gasteiger partial charge in [0, 0.05) is 17.6 Å². The monoisotopic (exact) mass is 460 g/mol. The topological polar surface area (TPSA) is 44.1 Å². The molecule has 4 rings (SSSR count). The van der Waals surface area contributed by atoms with E-state index in [0.29, 0.717) is 5.02 Å². The fourth-order valence-corrected chi connectivity index (χ4v) is 4.45. The summed E-state index contributed by atoms with van der Waals surface area (Å²) in [5.74, 6) is -0.0194. The number of halogens is 1. The van der Waals surface area contributed by atoms with Crippen LogP contribution in [0.25, 0.3) is 33.2 Å². The average molecular weight is 461 g/mol. The number of aromatic nitrogens is 2. The van der Waals surface area contributed by atoms with Gasteiger partial charge in [-0.3, -0.25) is 4.79 Å². The lowest BCUT2D eigenvalue weighted by Gasteiger charge is -2.29. The number of ketones is 1. The average Bonchev–Trinajstić information content (AvgIpc) is 3.16. The lowest BCUT2D eigenvalue weighted by Crippen LogP contribution is -2.27. The van der Waals surface area contributed by atoms with Crippen LogP contribution in [0.15, 0.2) is 61.1 Å². The third-order valence-corrected chi connectivity index (χ3v) is 5.99. The summed E-state index contributed by atoms with van der Waals surface area (Å²) in [6.45, 7) is 9.56. The van der Waals surface area contributed by atoms with Gasteiger partial charge in [0.1, 0.15) is 6.10 Å². The lowest BCUT2D eigenvalue weighted by atomic mass is 9.85. The normalized spacial score (nSPS) is 12.8. The summed E-state index contributed by atoms with van der Waals surface area (Å²) >= 11 is 6.19. The quantitative estimate of drug-likeness (QED) is 0.313. The number of ether oxygens (including phenoxy) is 1. The Morgan fingerprint density at radius 2 is 1.73 bits per heavy atom. The molecule has 0 spiro atoms. The van der Waals surface area contributed by atoms with Gasteiger partial charge in [0.05, 0.1) is 23.8 Å². The first kappa shape index (κ1) is 23.2. The van der Waals surface area contributed by atoms with Crippen LogP contribution in [-0.2, 0) is 16.6 Å². The van der Waals surface area contributed by atoms with Gasteiger partial charge < -0.3 is 9.30 Å². The SMILES string of the molecule is CC(=O)[C@@H](OC(C)(C)C)c1c(C)cc2cc(-c3cncn3C)ccc2c1-c1ccc(Cl)cc1. The number of nitrogens with zero attached hydrogens (tertiary/aromatic N) is 2. The smallest absolute Gasteiger partial charge is 0.163 e.